The zero-order valence-electron chi connectivity index (χ0n) is 9.54. The van der Waals surface area contributed by atoms with E-state index in [-0.39, 0.29) is 6.04 Å². The summed E-state index contributed by atoms with van der Waals surface area (Å²) in [6.07, 6.45) is 1.07. The van der Waals surface area contributed by atoms with Gasteiger partial charge in [0.25, 0.3) is 5.76 Å². The molecular weight excluding hydrogens is 228 g/mol. The summed E-state index contributed by atoms with van der Waals surface area (Å²) >= 11 is 0.593. The molecular formula is C12H17F2NS. The maximum Gasteiger partial charge on any atom is 0.288 e. The fourth-order valence-electron chi connectivity index (χ4n) is 1.44. The molecule has 1 unspecified atom stereocenters. The largest absolute Gasteiger partial charge is 0.310 e. The summed E-state index contributed by atoms with van der Waals surface area (Å²) in [5.41, 5.74) is 1.05. The lowest BCUT2D eigenvalue weighted by Crippen LogP contribution is -2.19. The van der Waals surface area contributed by atoms with E-state index in [1.54, 1.807) is 6.07 Å². The second-order valence-electron chi connectivity index (χ2n) is 3.63. The van der Waals surface area contributed by atoms with Crippen molar-refractivity contribution in [3.05, 3.63) is 29.8 Å². The van der Waals surface area contributed by atoms with E-state index in [1.165, 1.54) is 0 Å². The predicted octanol–water partition coefficient (Wildman–Crippen LogP) is 4.06. The maximum atomic E-state index is 12.2. The zero-order valence-corrected chi connectivity index (χ0v) is 10.4. The summed E-state index contributed by atoms with van der Waals surface area (Å²) in [6.45, 7) is 5.08. The van der Waals surface area contributed by atoms with Gasteiger partial charge in [0, 0.05) is 10.9 Å². The van der Waals surface area contributed by atoms with Crippen LogP contribution in [0.4, 0.5) is 8.78 Å². The predicted molar refractivity (Wildman–Crippen MR) is 65.0 cm³/mol. The van der Waals surface area contributed by atoms with E-state index in [1.807, 2.05) is 25.1 Å². The van der Waals surface area contributed by atoms with E-state index >= 15 is 0 Å². The fraction of sp³-hybridized carbons (Fsp3) is 0.500. The van der Waals surface area contributed by atoms with Gasteiger partial charge < -0.3 is 5.32 Å². The Bertz CT molecular complexity index is 318. The highest BCUT2D eigenvalue weighted by molar-refractivity contribution is 7.99. The topological polar surface area (TPSA) is 12.0 Å². The average molecular weight is 245 g/mol. The van der Waals surface area contributed by atoms with Crippen molar-refractivity contribution in [1.82, 2.24) is 5.32 Å². The first-order chi connectivity index (χ1) is 7.63. The Morgan fingerprint density at radius 2 is 2.12 bits per heavy atom. The Morgan fingerprint density at radius 1 is 1.38 bits per heavy atom. The molecule has 0 aliphatic carbocycles. The highest BCUT2D eigenvalue weighted by atomic mass is 32.2. The molecule has 0 fully saturated rings. The molecule has 0 amide bonds. The van der Waals surface area contributed by atoms with E-state index in [0.29, 0.717) is 16.7 Å². The number of hydrogen-bond donors (Lipinski definition) is 1. The molecule has 0 heterocycles. The smallest absolute Gasteiger partial charge is 0.288 e. The lowest BCUT2D eigenvalue weighted by atomic mass is 10.1. The highest BCUT2D eigenvalue weighted by Gasteiger charge is 2.08. The van der Waals surface area contributed by atoms with Crippen LogP contribution in [0, 0.1) is 0 Å². The van der Waals surface area contributed by atoms with E-state index in [2.05, 4.69) is 12.2 Å². The molecule has 0 saturated heterocycles. The van der Waals surface area contributed by atoms with Gasteiger partial charge >= 0.3 is 0 Å². The summed E-state index contributed by atoms with van der Waals surface area (Å²) in [5, 5.41) is 3.33. The third kappa shape index (κ3) is 4.49. The molecule has 0 aliphatic rings. The summed E-state index contributed by atoms with van der Waals surface area (Å²) in [5.74, 6) is -2.35. The van der Waals surface area contributed by atoms with Crippen LogP contribution in [0.25, 0.3) is 0 Å². The quantitative estimate of drug-likeness (QED) is 0.758. The second kappa shape index (κ2) is 6.86. The van der Waals surface area contributed by atoms with Crippen molar-refractivity contribution in [2.24, 2.45) is 0 Å². The number of thioether (sulfide) groups is 1. The number of benzene rings is 1. The van der Waals surface area contributed by atoms with Gasteiger partial charge in [-0.25, -0.2) is 0 Å². The maximum absolute atomic E-state index is 12.2. The minimum atomic E-state index is -2.35. The van der Waals surface area contributed by atoms with Crippen LogP contribution in [-0.2, 0) is 0 Å². The van der Waals surface area contributed by atoms with Gasteiger partial charge in [-0.3, -0.25) is 0 Å². The molecule has 1 N–H and O–H groups in total. The molecule has 0 aliphatic heterocycles. The molecule has 0 saturated carbocycles. The van der Waals surface area contributed by atoms with E-state index in [9.17, 15) is 8.78 Å². The third-order valence-corrected chi connectivity index (χ3v) is 2.99. The highest BCUT2D eigenvalue weighted by Crippen LogP contribution is 2.27. The van der Waals surface area contributed by atoms with Gasteiger partial charge in [-0.05, 0) is 37.6 Å². The molecule has 1 aromatic rings. The van der Waals surface area contributed by atoms with E-state index < -0.39 is 5.76 Å². The van der Waals surface area contributed by atoms with Crippen LogP contribution in [-0.4, -0.2) is 12.3 Å². The molecule has 0 spiro atoms. The third-order valence-electron chi connectivity index (χ3n) is 2.28. The van der Waals surface area contributed by atoms with Gasteiger partial charge in [-0.2, -0.15) is 8.78 Å². The van der Waals surface area contributed by atoms with Crippen LogP contribution in [0.5, 0.6) is 0 Å². The van der Waals surface area contributed by atoms with Gasteiger partial charge in [0.2, 0.25) is 0 Å². The normalized spacial score (nSPS) is 13.1. The number of alkyl halides is 2. The summed E-state index contributed by atoms with van der Waals surface area (Å²) in [4.78, 5) is 0.623. The minimum Gasteiger partial charge on any atom is -0.310 e. The van der Waals surface area contributed by atoms with Crippen LogP contribution >= 0.6 is 11.8 Å². The van der Waals surface area contributed by atoms with Crippen molar-refractivity contribution in [2.45, 2.75) is 37.0 Å². The van der Waals surface area contributed by atoms with Gasteiger partial charge in [-0.1, -0.05) is 30.8 Å². The molecule has 4 heteroatoms. The standard InChI is InChI=1S/C12H17F2NS/c1-3-7-15-9(2)10-5-4-6-11(8-10)16-12(13)14/h4-6,8-9,12,15H,3,7H2,1-2H3. The van der Waals surface area contributed by atoms with Gasteiger partial charge in [0.15, 0.2) is 0 Å². The average Bonchev–Trinajstić information content (AvgIpc) is 2.25. The van der Waals surface area contributed by atoms with Gasteiger partial charge in [0.05, 0.1) is 0 Å². The Balaban J connectivity index is 2.65. The molecule has 16 heavy (non-hydrogen) atoms. The van der Waals surface area contributed by atoms with Crippen LogP contribution in [0.1, 0.15) is 31.9 Å². The molecule has 0 radical (unpaired) electrons. The van der Waals surface area contributed by atoms with Crippen molar-refractivity contribution < 1.29 is 8.78 Å². The molecule has 1 rings (SSSR count). The molecule has 0 aromatic heterocycles. The van der Waals surface area contributed by atoms with Crippen molar-refractivity contribution in [2.75, 3.05) is 6.54 Å². The van der Waals surface area contributed by atoms with Gasteiger partial charge in [-0.15, -0.1) is 0 Å². The van der Waals surface area contributed by atoms with Crippen molar-refractivity contribution in [3.8, 4) is 0 Å². The summed E-state index contributed by atoms with van der Waals surface area (Å²) in [7, 11) is 0. The first kappa shape index (κ1) is 13.5. The van der Waals surface area contributed by atoms with Crippen LogP contribution in [0.3, 0.4) is 0 Å². The number of halogens is 2. The first-order valence-electron chi connectivity index (χ1n) is 5.41. The number of hydrogen-bond acceptors (Lipinski definition) is 2. The molecule has 90 valence electrons. The van der Waals surface area contributed by atoms with Crippen LogP contribution < -0.4 is 5.32 Å². The van der Waals surface area contributed by atoms with Crippen LogP contribution in [0.15, 0.2) is 29.2 Å². The molecule has 1 aromatic carbocycles. The molecule has 1 nitrogen and oxygen atoms in total. The Labute approximate surface area is 99.6 Å². The second-order valence-corrected chi connectivity index (χ2v) is 4.69. The summed E-state index contributed by atoms with van der Waals surface area (Å²) in [6, 6.07) is 7.53. The summed E-state index contributed by atoms with van der Waals surface area (Å²) < 4.78 is 24.4. The van der Waals surface area contributed by atoms with Gasteiger partial charge in [0.1, 0.15) is 0 Å². The SMILES string of the molecule is CCCNC(C)c1cccc(SC(F)F)c1. The fourth-order valence-corrected chi connectivity index (χ4v) is 2.01. The lowest BCUT2D eigenvalue weighted by Gasteiger charge is -2.14. The Hall–Kier alpha value is -0.610. The van der Waals surface area contributed by atoms with E-state index in [4.69, 9.17) is 0 Å². The molecule has 1 atom stereocenters. The Kier molecular flexibility index (Phi) is 5.77. The minimum absolute atomic E-state index is 0.207. The number of rotatable bonds is 6. The van der Waals surface area contributed by atoms with Crippen molar-refractivity contribution >= 4 is 11.8 Å². The monoisotopic (exact) mass is 245 g/mol. The Morgan fingerprint density at radius 3 is 2.75 bits per heavy atom. The lowest BCUT2D eigenvalue weighted by molar-refractivity contribution is 0.252. The van der Waals surface area contributed by atoms with Crippen molar-refractivity contribution in [1.29, 1.82) is 0 Å². The molecule has 0 bridgehead atoms. The van der Waals surface area contributed by atoms with E-state index in [0.717, 1.165) is 18.5 Å². The van der Waals surface area contributed by atoms with Crippen LogP contribution in [0.2, 0.25) is 0 Å². The van der Waals surface area contributed by atoms with Crippen molar-refractivity contribution in [3.63, 3.8) is 0 Å². The number of nitrogens with one attached hydrogen (secondary N) is 1. The zero-order chi connectivity index (χ0) is 12.0. The first-order valence-corrected chi connectivity index (χ1v) is 6.29.